The number of benzene rings is 1. The number of hydrogen-bond donors (Lipinski definition) is 2. The number of nitrogens with zero attached hydrogens (tertiary/aromatic N) is 1. The lowest BCUT2D eigenvalue weighted by atomic mass is 10.1. The van der Waals surface area contributed by atoms with Crippen molar-refractivity contribution in [2.45, 2.75) is 19.9 Å². The van der Waals surface area contributed by atoms with Crippen LogP contribution in [0.4, 0.5) is 5.82 Å². The fourth-order valence-corrected chi connectivity index (χ4v) is 1.93. The minimum absolute atomic E-state index is 0.0331. The third kappa shape index (κ3) is 3.35. The lowest BCUT2D eigenvalue weighted by molar-refractivity contribution is 0.0940. The van der Waals surface area contributed by atoms with Crippen LogP contribution < -0.4 is 10.6 Å². The molecule has 0 aliphatic heterocycles. The van der Waals surface area contributed by atoms with Crippen LogP contribution in [0.3, 0.4) is 0 Å². The van der Waals surface area contributed by atoms with E-state index >= 15 is 0 Å². The fraction of sp³-hybridized carbons (Fsp3) is 0.250. The molecule has 2 rings (SSSR count). The first-order valence-electron chi connectivity index (χ1n) is 6.61. The third-order valence-electron chi connectivity index (χ3n) is 3.20. The van der Waals surface area contributed by atoms with Crippen molar-refractivity contribution in [3.8, 4) is 0 Å². The van der Waals surface area contributed by atoms with Gasteiger partial charge in [-0.1, -0.05) is 29.8 Å². The summed E-state index contributed by atoms with van der Waals surface area (Å²) in [6.45, 7) is 4.02. The number of amides is 1. The van der Waals surface area contributed by atoms with Gasteiger partial charge in [-0.15, -0.1) is 0 Å². The predicted molar refractivity (Wildman–Crippen MR) is 80.8 cm³/mol. The smallest absolute Gasteiger partial charge is 0.251 e. The molecule has 0 saturated carbocycles. The molecule has 4 nitrogen and oxygen atoms in total. The summed E-state index contributed by atoms with van der Waals surface area (Å²) in [6.07, 6.45) is 1.62. The second kappa shape index (κ2) is 6.19. The van der Waals surface area contributed by atoms with Gasteiger partial charge in [-0.25, -0.2) is 4.98 Å². The van der Waals surface area contributed by atoms with E-state index < -0.39 is 0 Å². The Morgan fingerprint density at radius 3 is 2.55 bits per heavy atom. The molecule has 0 aliphatic carbocycles. The highest BCUT2D eigenvalue weighted by atomic mass is 16.1. The number of hydrogen-bond acceptors (Lipinski definition) is 3. The van der Waals surface area contributed by atoms with E-state index in [1.807, 2.05) is 38.1 Å². The number of anilines is 1. The Hall–Kier alpha value is -2.36. The minimum atomic E-state index is -0.100. The zero-order chi connectivity index (χ0) is 14.5. The normalized spacial score (nSPS) is 11.8. The van der Waals surface area contributed by atoms with Crippen LogP contribution in [0.25, 0.3) is 0 Å². The largest absolute Gasteiger partial charge is 0.373 e. The maximum Gasteiger partial charge on any atom is 0.251 e. The number of carbonyl (C=O) groups excluding carboxylic acids is 1. The SMILES string of the molecule is CNc1cc(C(=O)NC(C)c2ccc(C)cc2)ccn1. The molecule has 0 aliphatic rings. The van der Waals surface area contributed by atoms with Crippen molar-refractivity contribution in [1.82, 2.24) is 10.3 Å². The predicted octanol–water partition coefficient (Wildman–Crippen LogP) is 2.92. The van der Waals surface area contributed by atoms with Crippen LogP contribution in [-0.2, 0) is 0 Å². The molecular formula is C16H19N3O. The summed E-state index contributed by atoms with van der Waals surface area (Å²) in [5, 5.41) is 5.91. The fourth-order valence-electron chi connectivity index (χ4n) is 1.93. The number of rotatable bonds is 4. The monoisotopic (exact) mass is 269 g/mol. The van der Waals surface area contributed by atoms with E-state index in [-0.39, 0.29) is 11.9 Å². The van der Waals surface area contributed by atoms with Crippen LogP contribution in [-0.4, -0.2) is 17.9 Å². The van der Waals surface area contributed by atoms with Crippen molar-refractivity contribution in [2.75, 3.05) is 12.4 Å². The Balaban J connectivity index is 2.08. The van der Waals surface area contributed by atoms with E-state index in [9.17, 15) is 4.79 Å². The van der Waals surface area contributed by atoms with Gasteiger partial charge < -0.3 is 10.6 Å². The number of nitrogens with one attached hydrogen (secondary N) is 2. The average Bonchev–Trinajstić information content (AvgIpc) is 2.47. The summed E-state index contributed by atoms with van der Waals surface area (Å²) in [6, 6.07) is 11.6. The van der Waals surface area contributed by atoms with Gasteiger partial charge in [0.15, 0.2) is 0 Å². The molecule has 2 N–H and O–H groups in total. The van der Waals surface area contributed by atoms with Gasteiger partial charge in [0.25, 0.3) is 5.91 Å². The molecule has 20 heavy (non-hydrogen) atoms. The second-order valence-electron chi connectivity index (χ2n) is 4.79. The quantitative estimate of drug-likeness (QED) is 0.897. The lowest BCUT2D eigenvalue weighted by Crippen LogP contribution is -2.26. The van der Waals surface area contributed by atoms with E-state index in [1.54, 1.807) is 25.4 Å². The Morgan fingerprint density at radius 1 is 1.20 bits per heavy atom. The van der Waals surface area contributed by atoms with E-state index in [0.29, 0.717) is 11.4 Å². The summed E-state index contributed by atoms with van der Waals surface area (Å²) in [4.78, 5) is 16.3. The molecule has 1 amide bonds. The molecule has 0 fully saturated rings. The summed E-state index contributed by atoms with van der Waals surface area (Å²) in [5.41, 5.74) is 2.90. The molecule has 104 valence electrons. The molecule has 0 spiro atoms. The van der Waals surface area contributed by atoms with Crippen molar-refractivity contribution < 1.29 is 4.79 Å². The average molecular weight is 269 g/mol. The van der Waals surface area contributed by atoms with Crippen LogP contribution in [0.5, 0.6) is 0 Å². The molecule has 2 aromatic rings. The van der Waals surface area contributed by atoms with Gasteiger partial charge in [-0.2, -0.15) is 0 Å². The van der Waals surface area contributed by atoms with E-state index in [4.69, 9.17) is 0 Å². The third-order valence-corrected chi connectivity index (χ3v) is 3.20. The molecule has 1 heterocycles. The van der Waals surface area contributed by atoms with Crippen molar-refractivity contribution in [3.05, 3.63) is 59.3 Å². The zero-order valence-corrected chi connectivity index (χ0v) is 12.0. The number of carbonyl (C=O) groups is 1. The number of aromatic nitrogens is 1. The van der Waals surface area contributed by atoms with Crippen LogP contribution in [0.2, 0.25) is 0 Å². The number of pyridine rings is 1. The highest BCUT2D eigenvalue weighted by molar-refractivity contribution is 5.95. The molecule has 1 atom stereocenters. The Bertz CT molecular complexity index is 593. The molecule has 1 aromatic carbocycles. The van der Waals surface area contributed by atoms with Crippen LogP contribution >= 0.6 is 0 Å². The highest BCUT2D eigenvalue weighted by Gasteiger charge is 2.11. The summed E-state index contributed by atoms with van der Waals surface area (Å²) >= 11 is 0. The first-order valence-corrected chi connectivity index (χ1v) is 6.61. The van der Waals surface area contributed by atoms with Crippen molar-refractivity contribution in [3.63, 3.8) is 0 Å². The zero-order valence-electron chi connectivity index (χ0n) is 12.0. The van der Waals surface area contributed by atoms with E-state index in [1.165, 1.54) is 5.56 Å². The van der Waals surface area contributed by atoms with Gasteiger partial charge >= 0.3 is 0 Å². The maximum atomic E-state index is 12.2. The maximum absolute atomic E-state index is 12.2. The van der Waals surface area contributed by atoms with Crippen LogP contribution in [0.1, 0.15) is 34.5 Å². The van der Waals surface area contributed by atoms with Crippen molar-refractivity contribution in [2.24, 2.45) is 0 Å². The van der Waals surface area contributed by atoms with Crippen molar-refractivity contribution >= 4 is 11.7 Å². The molecule has 4 heteroatoms. The van der Waals surface area contributed by atoms with Crippen LogP contribution in [0, 0.1) is 6.92 Å². The summed E-state index contributed by atoms with van der Waals surface area (Å²) in [5.74, 6) is 0.581. The Kier molecular flexibility index (Phi) is 4.35. The Labute approximate surface area is 119 Å². The van der Waals surface area contributed by atoms with Gasteiger partial charge in [0.05, 0.1) is 6.04 Å². The van der Waals surface area contributed by atoms with Gasteiger partial charge in [-0.05, 0) is 31.5 Å². The van der Waals surface area contributed by atoms with Gasteiger partial charge in [0.1, 0.15) is 5.82 Å². The minimum Gasteiger partial charge on any atom is -0.373 e. The first-order chi connectivity index (χ1) is 9.60. The Morgan fingerprint density at radius 2 is 1.90 bits per heavy atom. The lowest BCUT2D eigenvalue weighted by Gasteiger charge is -2.15. The summed E-state index contributed by atoms with van der Waals surface area (Å²) in [7, 11) is 1.78. The standard InChI is InChI=1S/C16H19N3O/c1-11-4-6-13(7-5-11)12(2)19-16(20)14-8-9-18-15(10-14)17-3/h4-10,12H,1-3H3,(H,17,18)(H,19,20). The molecule has 0 saturated heterocycles. The van der Waals surface area contributed by atoms with Crippen molar-refractivity contribution in [1.29, 1.82) is 0 Å². The van der Waals surface area contributed by atoms with Gasteiger partial charge in [0.2, 0.25) is 0 Å². The highest BCUT2D eigenvalue weighted by Crippen LogP contribution is 2.14. The molecule has 1 unspecified atom stereocenters. The number of aryl methyl sites for hydroxylation is 1. The molecular weight excluding hydrogens is 250 g/mol. The molecule has 0 bridgehead atoms. The summed E-state index contributed by atoms with van der Waals surface area (Å²) < 4.78 is 0. The second-order valence-corrected chi connectivity index (χ2v) is 4.79. The van der Waals surface area contributed by atoms with E-state index in [0.717, 1.165) is 5.56 Å². The molecule has 0 radical (unpaired) electrons. The first kappa shape index (κ1) is 14.1. The van der Waals surface area contributed by atoms with Crippen LogP contribution in [0.15, 0.2) is 42.6 Å². The molecule has 1 aromatic heterocycles. The van der Waals surface area contributed by atoms with E-state index in [2.05, 4.69) is 15.6 Å². The van der Waals surface area contributed by atoms with Gasteiger partial charge in [-0.3, -0.25) is 4.79 Å². The van der Waals surface area contributed by atoms with Gasteiger partial charge in [0, 0.05) is 18.8 Å². The topological polar surface area (TPSA) is 54.0 Å².